The van der Waals surface area contributed by atoms with E-state index in [9.17, 15) is 9.59 Å². The number of hydrogen-bond donors (Lipinski definition) is 2. The molecule has 7 heteroatoms. The van der Waals surface area contributed by atoms with E-state index in [1.807, 2.05) is 35.0 Å². The van der Waals surface area contributed by atoms with Gasteiger partial charge in [-0.25, -0.2) is 10.1 Å². The number of carbonyl (C=O) groups is 1. The van der Waals surface area contributed by atoms with Gasteiger partial charge >= 0.3 is 0 Å². The van der Waals surface area contributed by atoms with Gasteiger partial charge in [-0.3, -0.25) is 9.59 Å². The predicted octanol–water partition coefficient (Wildman–Crippen LogP) is 1.30. The largest absolute Gasteiger partial charge is 0.349 e. The molecule has 0 radical (unpaired) electrons. The second-order valence-electron chi connectivity index (χ2n) is 6.55. The quantitative estimate of drug-likeness (QED) is 0.743. The SMILES string of the molecule is O=C(NC1CCc2n[nH]c(=O)cc2C1)c1ccc(Cn2ccnc2)cc1. The molecule has 0 fully saturated rings. The van der Waals surface area contributed by atoms with Crippen LogP contribution in [0, 0.1) is 0 Å². The first-order valence-electron chi connectivity index (χ1n) is 8.60. The van der Waals surface area contributed by atoms with Crippen LogP contribution >= 0.6 is 0 Å². The minimum absolute atomic E-state index is 0.0178. The maximum atomic E-state index is 12.5. The van der Waals surface area contributed by atoms with Gasteiger partial charge in [-0.1, -0.05) is 12.1 Å². The Morgan fingerprint density at radius 1 is 1.31 bits per heavy atom. The summed E-state index contributed by atoms with van der Waals surface area (Å²) in [5.41, 5.74) is 3.37. The molecule has 7 nitrogen and oxygen atoms in total. The summed E-state index contributed by atoms with van der Waals surface area (Å²) in [6.45, 7) is 0.725. The van der Waals surface area contributed by atoms with Crippen LogP contribution in [0.3, 0.4) is 0 Å². The van der Waals surface area contributed by atoms with Crippen molar-refractivity contribution in [3.05, 3.63) is 81.8 Å². The zero-order valence-corrected chi connectivity index (χ0v) is 14.2. The van der Waals surface area contributed by atoms with E-state index >= 15 is 0 Å². The molecule has 1 amide bonds. The fourth-order valence-electron chi connectivity index (χ4n) is 3.28. The normalized spacial score (nSPS) is 16.1. The molecule has 1 unspecified atom stereocenters. The maximum absolute atomic E-state index is 12.5. The van der Waals surface area contributed by atoms with Crippen LogP contribution in [0.15, 0.2) is 53.8 Å². The second kappa shape index (κ2) is 6.95. The maximum Gasteiger partial charge on any atom is 0.264 e. The lowest BCUT2D eigenvalue weighted by atomic mass is 9.92. The van der Waals surface area contributed by atoms with E-state index in [-0.39, 0.29) is 17.5 Å². The highest BCUT2D eigenvalue weighted by atomic mass is 16.1. The third-order valence-electron chi connectivity index (χ3n) is 4.65. The van der Waals surface area contributed by atoms with Crippen LogP contribution < -0.4 is 10.9 Å². The van der Waals surface area contributed by atoms with Gasteiger partial charge in [0, 0.05) is 36.6 Å². The van der Waals surface area contributed by atoms with Crippen LogP contribution in [0.1, 0.15) is 33.6 Å². The molecule has 0 saturated carbocycles. The number of aromatic nitrogens is 4. The Labute approximate surface area is 150 Å². The van der Waals surface area contributed by atoms with Crippen LogP contribution in [-0.2, 0) is 19.4 Å². The Morgan fingerprint density at radius 2 is 2.15 bits per heavy atom. The lowest BCUT2D eigenvalue weighted by Gasteiger charge is -2.24. The molecule has 4 rings (SSSR count). The Morgan fingerprint density at radius 3 is 2.92 bits per heavy atom. The highest BCUT2D eigenvalue weighted by Crippen LogP contribution is 2.18. The Kier molecular flexibility index (Phi) is 4.35. The van der Waals surface area contributed by atoms with E-state index < -0.39 is 0 Å². The fraction of sp³-hybridized carbons (Fsp3) is 0.263. The lowest BCUT2D eigenvalue weighted by Crippen LogP contribution is -2.39. The number of fused-ring (bicyclic) bond motifs is 1. The minimum Gasteiger partial charge on any atom is -0.349 e. The lowest BCUT2D eigenvalue weighted by molar-refractivity contribution is 0.0933. The first-order valence-corrected chi connectivity index (χ1v) is 8.60. The molecule has 2 heterocycles. The zero-order valence-electron chi connectivity index (χ0n) is 14.2. The molecule has 132 valence electrons. The van der Waals surface area contributed by atoms with Crippen LogP contribution in [0.2, 0.25) is 0 Å². The molecule has 3 aromatic rings. The molecule has 2 N–H and O–H groups in total. The van der Waals surface area contributed by atoms with Gasteiger partial charge in [0.15, 0.2) is 0 Å². The number of aromatic amines is 1. The molecule has 0 aliphatic heterocycles. The van der Waals surface area contributed by atoms with Crippen molar-refractivity contribution in [2.45, 2.75) is 31.8 Å². The number of rotatable bonds is 4. The molecule has 1 aromatic carbocycles. The summed E-state index contributed by atoms with van der Waals surface area (Å²) in [6.07, 6.45) is 7.62. The third-order valence-corrected chi connectivity index (χ3v) is 4.65. The molecule has 26 heavy (non-hydrogen) atoms. The average molecular weight is 349 g/mol. The van der Waals surface area contributed by atoms with Crippen molar-refractivity contribution in [1.29, 1.82) is 0 Å². The van der Waals surface area contributed by atoms with E-state index in [0.29, 0.717) is 12.0 Å². The van der Waals surface area contributed by atoms with Crippen LogP contribution in [0.25, 0.3) is 0 Å². The van der Waals surface area contributed by atoms with Crippen LogP contribution in [0.4, 0.5) is 0 Å². The van der Waals surface area contributed by atoms with E-state index in [1.54, 1.807) is 18.6 Å². The van der Waals surface area contributed by atoms with Gasteiger partial charge in [0.1, 0.15) is 0 Å². The molecule has 2 aromatic heterocycles. The van der Waals surface area contributed by atoms with Gasteiger partial charge in [-0.05, 0) is 42.5 Å². The molecule has 0 saturated heterocycles. The number of H-pyrrole nitrogens is 1. The summed E-state index contributed by atoms with van der Waals surface area (Å²) < 4.78 is 1.98. The van der Waals surface area contributed by atoms with Crippen molar-refractivity contribution < 1.29 is 4.79 Å². The first-order chi connectivity index (χ1) is 12.7. The molecule has 1 atom stereocenters. The van der Waals surface area contributed by atoms with E-state index in [2.05, 4.69) is 20.5 Å². The van der Waals surface area contributed by atoms with Crippen LogP contribution in [-0.4, -0.2) is 31.7 Å². The van der Waals surface area contributed by atoms with Gasteiger partial charge in [-0.15, -0.1) is 0 Å². The van der Waals surface area contributed by atoms with Gasteiger partial charge < -0.3 is 9.88 Å². The smallest absolute Gasteiger partial charge is 0.264 e. The predicted molar refractivity (Wildman–Crippen MR) is 95.9 cm³/mol. The number of aryl methyl sites for hydroxylation is 1. The van der Waals surface area contributed by atoms with Gasteiger partial charge in [0.2, 0.25) is 0 Å². The van der Waals surface area contributed by atoms with E-state index in [1.165, 1.54) is 0 Å². The number of nitrogens with zero attached hydrogens (tertiary/aromatic N) is 3. The molecular formula is C19H19N5O2. The summed E-state index contributed by atoms with van der Waals surface area (Å²) in [7, 11) is 0. The third kappa shape index (κ3) is 3.56. The van der Waals surface area contributed by atoms with Crippen LogP contribution in [0.5, 0.6) is 0 Å². The number of carbonyl (C=O) groups excluding carboxylic acids is 1. The van der Waals surface area contributed by atoms with E-state index in [4.69, 9.17) is 0 Å². The second-order valence-corrected chi connectivity index (χ2v) is 6.55. The summed E-state index contributed by atoms with van der Waals surface area (Å²) in [5, 5.41) is 9.60. The highest BCUT2D eigenvalue weighted by molar-refractivity contribution is 5.94. The Hall–Kier alpha value is -3.22. The molecule has 1 aliphatic rings. The Balaban J connectivity index is 1.39. The van der Waals surface area contributed by atoms with E-state index in [0.717, 1.165) is 36.2 Å². The summed E-state index contributed by atoms with van der Waals surface area (Å²) in [6, 6.07) is 9.17. The van der Waals surface area contributed by atoms with Crippen molar-refractivity contribution in [2.24, 2.45) is 0 Å². The molecule has 1 aliphatic carbocycles. The first kappa shape index (κ1) is 16.3. The number of amides is 1. The van der Waals surface area contributed by atoms with Gasteiger partial charge in [0.05, 0.1) is 12.0 Å². The van der Waals surface area contributed by atoms with Crippen molar-refractivity contribution in [3.8, 4) is 0 Å². The van der Waals surface area contributed by atoms with Crippen molar-refractivity contribution in [1.82, 2.24) is 25.1 Å². The standard InChI is InChI=1S/C19H19N5O2/c25-18-10-15-9-16(5-6-17(15)22-23-18)21-19(26)14-3-1-13(2-4-14)11-24-8-7-20-12-24/h1-4,7-8,10,12,16H,5-6,9,11H2,(H,21,26)(H,23,25). The summed E-state index contributed by atoms with van der Waals surface area (Å²) in [4.78, 5) is 28.0. The average Bonchev–Trinajstić information content (AvgIpc) is 3.15. The number of nitrogens with one attached hydrogen (secondary N) is 2. The highest BCUT2D eigenvalue weighted by Gasteiger charge is 2.22. The van der Waals surface area contributed by atoms with Crippen molar-refractivity contribution >= 4 is 5.91 Å². The van der Waals surface area contributed by atoms with Gasteiger partial charge in [-0.2, -0.15) is 5.10 Å². The van der Waals surface area contributed by atoms with Crippen molar-refractivity contribution in [3.63, 3.8) is 0 Å². The number of imidazole rings is 1. The summed E-state index contributed by atoms with van der Waals surface area (Å²) in [5.74, 6) is -0.0922. The molecular weight excluding hydrogens is 330 g/mol. The monoisotopic (exact) mass is 349 g/mol. The summed E-state index contributed by atoms with van der Waals surface area (Å²) >= 11 is 0. The number of hydrogen-bond acceptors (Lipinski definition) is 4. The number of benzene rings is 1. The molecule has 0 bridgehead atoms. The molecule has 0 spiro atoms. The minimum atomic E-state index is -0.204. The Bertz CT molecular complexity index is 960. The zero-order chi connectivity index (χ0) is 17.9. The fourth-order valence-corrected chi connectivity index (χ4v) is 3.28. The van der Waals surface area contributed by atoms with Crippen molar-refractivity contribution in [2.75, 3.05) is 0 Å². The van der Waals surface area contributed by atoms with Gasteiger partial charge in [0.25, 0.3) is 11.5 Å². The topological polar surface area (TPSA) is 92.7 Å².